The van der Waals surface area contributed by atoms with Gasteiger partial charge in [0.1, 0.15) is 12.2 Å². The molecule has 3 N–H and O–H groups in total. The predicted octanol–water partition coefficient (Wildman–Crippen LogP) is -2.29. The van der Waals surface area contributed by atoms with Crippen molar-refractivity contribution in [2.75, 3.05) is 39.9 Å². The summed E-state index contributed by atoms with van der Waals surface area (Å²) in [5, 5.41) is 8.88. The standard InChI is InChI=1S/C11H19N5O3/c1-15-9-8(10(17)14-11(15)18)12-7(13-9)6-16-2-4-19-5-3-16/h7-9,12-13H,2-6H2,1H3,(H,14,17,18). The Morgan fingerprint density at radius 2 is 2.00 bits per heavy atom. The Kier molecular flexibility index (Phi) is 3.40. The Hall–Kier alpha value is -1.22. The third-order valence-corrected chi connectivity index (χ3v) is 3.86. The van der Waals surface area contributed by atoms with E-state index in [4.69, 9.17) is 4.74 Å². The van der Waals surface area contributed by atoms with Crippen LogP contribution in [-0.2, 0) is 9.53 Å². The number of hydrogen-bond acceptors (Lipinski definition) is 6. The van der Waals surface area contributed by atoms with Crippen molar-refractivity contribution < 1.29 is 14.3 Å². The van der Waals surface area contributed by atoms with Gasteiger partial charge in [-0.3, -0.25) is 25.6 Å². The first-order chi connectivity index (χ1) is 9.15. The van der Waals surface area contributed by atoms with Crippen LogP contribution in [0.3, 0.4) is 0 Å². The van der Waals surface area contributed by atoms with Gasteiger partial charge in [-0.1, -0.05) is 0 Å². The number of nitrogens with zero attached hydrogens (tertiary/aromatic N) is 2. The molecule has 0 spiro atoms. The summed E-state index contributed by atoms with van der Waals surface area (Å²) in [6.07, 6.45) is -0.264. The van der Waals surface area contributed by atoms with Crippen LogP contribution in [0.25, 0.3) is 0 Å². The molecule has 3 fully saturated rings. The average molecular weight is 269 g/mol. The summed E-state index contributed by atoms with van der Waals surface area (Å²) in [7, 11) is 1.69. The van der Waals surface area contributed by atoms with Gasteiger partial charge < -0.3 is 9.64 Å². The van der Waals surface area contributed by atoms with E-state index in [0.717, 1.165) is 32.8 Å². The molecule has 106 valence electrons. The fourth-order valence-electron chi connectivity index (χ4n) is 2.76. The maximum Gasteiger partial charge on any atom is 0.325 e. The van der Waals surface area contributed by atoms with Gasteiger partial charge in [-0.25, -0.2) is 4.79 Å². The van der Waals surface area contributed by atoms with Crippen molar-refractivity contribution >= 4 is 11.9 Å². The summed E-state index contributed by atoms with van der Waals surface area (Å²) in [5.41, 5.74) is 0. The topological polar surface area (TPSA) is 85.9 Å². The predicted molar refractivity (Wildman–Crippen MR) is 66.2 cm³/mol. The Bertz CT molecular complexity index is 385. The number of urea groups is 1. The minimum absolute atomic E-state index is 0.00667. The quantitative estimate of drug-likeness (QED) is 0.523. The summed E-state index contributed by atoms with van der Waals surface area (Å²) in [6, 6.07) is -0.735. The molecular formula is C11H19N5O3. The summed E-state index contributed by atoms with van der Waals surface area (Å²) in [6.45, 7) is 4.09. The van der Waals surface area contributed by atoms with Gasteiger partial charge in [-0.15, -0.1) is 0 Å². The second-order valence-corrected chi connectivity index (χ2v) is 5.13. The zero-order chi connectivity index (χ0) is 13.4. The Morgan fingerprint density at radius 1 is 1.26 bits per heavy atom. The SMILES string of the molecule is CN1C(=O)NC(=O)C2NC(CN3CCOCC3)NC21. The monoisotopic (exact) mass is 269 g/mol. The van der Waals surface area contributed by atoms with Crippen molar-refractivity contribution in [2.45, 2.75) is 18.4 Å². The van der Waals surface area contributed by atoms with E-state index < -0.39 is 0 Å². The maximum absolute atomic E-state index is 11.8. The number of hydrogen-bond donors (Lipinski definition) is 3. The van der Waals surface area contributed by atoms with E-state index in [9.17, 15) is 9.59 Å². The highest BCUT2D eigenvalue weighted by Gasteiger charge is 2.46. The number of ether oxygens (including phenoxy) is 1. The lowest BCUT2D eigenvalue weighted by molar-refractivity contribution is -0.124. The lowest BCUT2D eigenvalue weighted by Crippen LogP contribution is -2.64. The van der Waals surface area contributed by atoms with Gasteiger partial charge in [0.05, 0.1) is 19.4 Å². The highest BCUT2D eigenvalue weighted by atomic mass is 16.5. The Morgan fingerprint density at radius 3 is 2.74 bits per heavy atom. The third kappa shape index (κ3) is 2.44. The molecule has 0 saturated carbocycles. The molecule has 19 heavy (non-hydrogen) atoms. The van der Waals surface area contributed by atoms with Crippen LogP contribution < -0.4 is 16.0 Å². The number of fused-ring (bicyclic) bond motifs is 1. The number of carbonyl (C=O) groups excluding carboxylic acids is 2. The van der Waals surface area contributed by atoms with Crippen LogP contribution in [0.2, 0.25) is 0 Å². The highest BCUT2D eigenvalue weighted by Crippen LogP contribution is 2.14. The van der Waals surface area contributed by atoms with Crippen LogP contribution in [0, 0.1) is 0 Å². The van der Waals surface area contributed by atoms with Crippen LogP contribution in [0.15, 0.2) is 0 Å². The lowest BCUT2D eigenvalue weighted by atomic mass is 10.2. The number of imide groups is 1. The molecule has 3 amide bonds. The van der Waals surface area contributed by atoms with Gasteiger partial charge in [0, 0.05) is 26.7 Å². The first-order valence-electron chi connectivity index (χ1n) is 6.55. The maximum atomic E-state index is 11.8. The fourth-order valence-corrected chi connectivity index (χ4v) is 2.76. The molecule has 3 heterocycles. The van der Waals surface area contributed by atoms with Gasteiger partial charge in [0.15, 0.2) is 0 Å². The molecule has 0 aromatic rings. The third-order valence-electron chi connectivity index (χ3n) is 3.86. The van der Waals surface area contributed by atoms with Crippen LogP contribution in [0.1, 0.15) is 0 Å². The highest BCUT2D eigenvalue weighted by molar-refractivity contribution is 6.00. The number of amides is 3. The first-order valence-corrected chi connectivity index (χ1v) is 6.55. The summed E-state index contributed by atoms with van der Waals surface area (Å²) in [5.74, 6) is -0.259. The smallest absolute Gasteiger partial charge is 0.325 e. The molecule has 0 aromatic carbocycles. The second kappa shape index (κ2) is 5.04. The van der Waals surface area contributed by atoms with Gasteiger partial charge in [0.2, 0.25) is 5.91 Å². The molecule has 3 unspecified atom stereocenters. The minimum Gasteiger partial charge on any atom is -0.379 e. The van der Waals surface area contributed by atoms with Crippen LogP contribution in [0.5, 0.6) is 0 Å². The van der Waals surface area contributed by atoms with Gasteiger partial charge >= 0.3 is 6.03 Å². The van der Waals surface area contributed by atoms with Gasteiger partial charge in [-0.2, -0.15) is 0 Å². The van der Waals surface area contributed by atoms with E-state index in [0.29, 0.717) is 0 Å². The number of nitrogens with one attached hydrogen (secondary N) is 3. The molecular weight excluding hydrogens is 250 g/mol. The molecule has 3 atom stereocenters. The number of rotatable bonds is 2. The molecule has 3 aliphatic heterocycles. The normalized spacial score (nSPS) is 36.3. The van der Waals surface area contributed by atoms with Crippen molar-refractivity contribution in [2.24, 2.45) is 0 Å². The second-order valence-electron chi connectivity index (χ2n) is 5.13. The minimum atomic E-state index is -0.381. The van der Waals surface area contributed by atoms with Crippen LogP contribution in [-0.4, -0.2) is 80.0 Å². The molecule has 3 rings (SSSR count). The molecule has 0 aliphatic carbocycles. The molecule has 3 saturated heterocycles. The van der Waals surface area contributed by atoms with E-state index in [-0.39, 0.29) is 30.3 Å². The fraction of sp³-hybridized carbons (Fsp3) is 0.818. The van der Waals surface area contributed by atoms with Crippen LogP contribution in [0.4, 0.5) is 4.79 Å². The summed E-state index contributed by atoms with van der Waals surface area (Å²) >= 11 is 0. The number of morpholine rings is 1. The van der Waals surface area contributed by atoms with Crippen molar-refractivity contribution in [1.29, 1.82) is 0 Å². The van der Waals surface area contributed by atoms with Gasteiger partial charge in [0.25, 0.3) is 0 Å². The van der Waals surface area contributed by atoms with Crippen molar-refractivity contribution in [3.05, 3.63) is 0 Å². The van der Waals surface area contributed by atoms with Crippen molar-refractivity contribution in [3.8, 4) is 0 Å². The zero-order valence-electron chi connectivity index (χ0n) is 10.9. The number of likely N-dealkylation sites (N-methyl/N-ethyl adjacent to an activating group) is 1. The Labute approximate surface area is 111 Å². The van der Waals surface area contributed by atoms with E-state index in [2.05, 4.69) is 20.9 Å². The summed E-state index contributed by atoms with van der Waals surface area (Å²) in [4.78, 5) is 27.1. The summed E-state index contributed by atoms with van der Waals surface area (Å²) < 4.78 is 5.31. The average Bonchev–Trinajstić information content (AvgIpc) is 2.82. The van der Waals surface area contributed by atoms with Crippen LogP contribution >= 0.6 is 0 Å². The lowest BCUT2D eigenvalue weighted by Gasteiger charge is -2.33. The zero-order valence-corrected chi connectivity index (χ0v) is 10.9. The molecule has 8 nitrogen and oxygen atoms in total. The van der Waals surface area contributed by atoms with Gasteiger partial charge in [-0.05, 0) is 0 Å². The first kappa shape index (κ1) is 12.8. The molecule has 0 bridgehead atoms. The van der Waals surface area contributed by atoms with E-state index in [1.165, 1.54) is 4.90 Å². The van der Waals surface area contributed by atoms with E-state index in [1.54, 1.807) is 7.05 Å². The molecule has 0 radical (unpaired) electrons. The van der Waals surface area contributed by atoms with Crippen molar-refractivity contribution in [1.82, 2.24) is 25.8 Å². The molecule has 3 aliphatic rings. The van der Waals surface area contributed by atoms with E-state index in [1.807, 2.05) is 0 Å². The molecule has 0 aromatic heterocycles. The largest absolute Gasteiger partial charge is 0.379 e. The van der Waals surface area contributed by atoms with E-state index >= 15 is 0 Å². The Balaban J connectivity index is 1.61. The number of carbonyl (C=O) groups is 2. The van der Waals surface area contributed by atoms with Crippen molar-refractivity contribution in [3.63, 3.8) is 0 Å². The molecule has 8 heteroatoms.